The SMILES string of the molecule is O=[N+]([O-])c1cc(CNC2C=CS(=O)(=O)C2)c(F)cc1F. The van der Waals surface area contributed by atoms with Crippen LogP contribution in [0.4, 0.5) is 14.5 Å². The third-order valence-corrected chi connectivity index (χ3v) is 4.19. The Morgan fingerprint density at radius 3 is 2.60 bits per heavy atom. The highest BCUT2D eigenvalue weighted by molar-refractivity contribution is 7.94. The number of hydrogen-bond donors (Lipinski definition) is 1. The Bertz CT molecular complexity index is 688. The second-order valence-corrected chi connectivity index (χ2v) is 6.23. The van der Waals surface area contributed by atoms with Crippen LogP contribution in [0, 0.1) is 21.7 Å². The number of benzene rings is 1. The lowest BCUT2D eigenvalue weighted by molar-refractivity contribution is -0.387. The molecule has 1 aliphatic heterocycles. The Morgan fingerprint density at radius 2 is 2.05 bits per heavy atom. The lowest BCUT2D eigenvalue weighted by Crippen LogP contribution is -2.29. The highest BCUT2D eigenvalue weighted by Gasteiger charge is 2.23. The predicted octanol–water partition coefficient (Wildman–Crippen LogP) is 1.27. The van der Waals surface area contributed by atoms with Gasteiger partial charge in [0, 0.05) is 35.7 Å². The summed E-state index contributed by atoms with van der Waals surface area (Å²) < 4.78 is 48.9. The Hall–Kier alpha value is -1.87. The second-order valence-electron chi connectivity index (χ2n) is 4.30. The van der Waals surface area contributed by atoms with E-state index in [-0.39, 0.29) is 17.9 Å². The molecule has 0 bridgehead atoms. The number of nitrogens with one attached hydrogen (secondary N) is 1. The third kappa shape index (κ3) is 3.17. The van der Waals surface area contributed by atoms with Gasteiger partial charge in [0.25, 0.3) is 0 Å². The summed E-state index contributed by atoms with van der Waals surface area (Å²) in [5, 5.41) is 14.3. The molecule has 6 nitrogen and oxygen atoms in total. The maximum absolute atomic E-state index is 13.5. The zero-order valence-electron chi connectivity index (χ0n) is 10.0. The van der Waals surface area contributed by atoms with Crippen LogP contribution in [0.1, 0.15) is 5.56 Å². The number of rotatable bonds is 4. The molecule has 0 aromatic heterocycles. The lowest BCUT2D eigenvalue weighted by atomic mass is 10.1. The fourth-order valence-corrected chi connectivity index (χ4v) is 3.07. The summed E-state index contributed by atoms with van der Waals surface area (Å²) in [5.41, 5.74) is -0.923. The average Bonchev–Trinajstić information content (AvgIpc) is 2.67. The van der Waals surface area contributed by atoms with E-state index in [1.165, 1.54) is 6.08 Å². The molecule has 1 aromatic carbocycles. The number of halogens is 2. The molecular weight excluding hydrogens is 294 g/mol. The molecule has 1 unspecified atom stereocenters. The molecule has 108 valence electrons. The van der Waals surface area contributed by atoms with Crippen LogP contribution in [0.5, 0.6) is 0 Å². The molecule has 1 heterocycles. The van der Waals surface area contributed by atoms with Crippen LogP contribution in [0.15, 0.2) is 23.6 Å². The van der Waals surface area contributed by atoms with E-state index in [2.05, 4.69) is 5.32 Å². The van der Waals surface area contributed by atoms with Gasteiger partial charge in [-0.15, -0.1) is 0 Å². The van der Waals surface area contributed by atoms with E-state index in [0.717, 1.165) is 11.5 Å². The van der Waals surface area contributed by atoms with E-state index >= 15 is 0 Å². The standard InChI is InChI=1S/C11H10F2N2O4S/c12-9-4-10(13)11(15(16)17)3-7(9)5-14-8-1-2-20(18,19)6-8/h1-4,8,14H,5-6H2. The molecule has 0 saturated heterocycles. The fourth-order valence-electron chi connectivity index (χ4n) is 1.80. The molecule has 1 aromatic rings. The Kier molecular flexibility index (Phi) is 3.82. The zero-order valence-corrected chi connectivity index (χ0v) is 10.9. The number of hydrogen-bond acceptors (Lipinski definition) is 5. The average molecular weight is 304 g/mol. The summed E-state index contributed by atoms with van der Waals surface area (Å²) in [4.78, 5) is 9.62. The highest BCUT2D eigenvalue weighted by atomic mass is 32.2. The molecule has 2 rings (SSSR count). The van der Waals surface area contributed by atoms with Crippen molar-refractivity contribution in [1.29, 1.82) is 0 Å². The zero-order chi connectivity index (χ0) is 14.9. The lowest BCUT2D eigenvalue weighted by Gasteiger charge is -2.10. The second kappa shape index (κ2) is 5.25. The van der Waals surface area contributed by atoms with Crippen LogP contribution < -0.4 is 5.32 Å². The summed E-state index contributed by atoms with van der Waals surface area (Å²) >= 11 is 0. The quantitative estimate of drug-likeness (QED) is 0.668. The molecule has 0 aliphatic carbocycles. The van der Waals surface area contributed by atoms with Crippen LogP contribution in [-0.4, -0.2) is 25.1 Å². The van der Waals surface area contributed by atoms with Crippen molar-refractivity contribution in [1.82, 2.24) is 5.32 Å². The molecule has 1 aliphatic rings. The minimum Gasteiger partial charge on any atom is -0.305 e. The molecular formula is C11H10F2N2O4S. The first kappa shape index (κ1) is 14.5. The van der Waals surface area contributed by atoms with E-state index in [0.29, 0.717) is 6.07 Å². The predicted molar refractivity (Wildman–Crippen MR) is 66.6 cm³/mol. The van der Waals surface area contributed by atoms with Crippen molar-refractivity contribution in [2.45, 2.75) is 12.6 Å². The van der Waals surface area contributed by atoms with Crippen molar-refractivity contribution in [2.24, 2.45) is 0 Å². The van der Waals surface area contributed by atoms with Gasteiger partial charge in [-0.3, -0.25) is 10.1 Å². The van der Waals surface area contributed by atoms with Crippen molar-refractivity contribution < 1.29 is 22.1 Å². The van der Waals surface area contributed by atoms with E-state index in [1.807, 2.05) is 0 Å². The molecule has 0 spiro atoms. The summed E-state index contributed by atoms with van der Waals surface area (Å²) in [6.45, 7) is -0.141. The van der Waals surface area contributed by atoms with E-state index in [4.69, 9.17) is 0 Å². The number of nitro benzene ring substituents is 1. The Labute approximate surface area is 113 Å². The Balaban J connectivity index is 2.12. The molecule has 9 heteroatoms. The number of nitro groups is 1. The number of sulfone groups is 1. The van der Waals surface area contributed by atoms with Crippen LogP contribution in [0.3, 0.4) is 0 Å². The Morgan fingerprint density at radius 1 is 1.35 bits per heavy atom. The van der Waals surface area contributed by atoms with Gasteiger partial charge in [-0.1, -0.05) is 6.08 Å². The summed E-state index contributed by atoms with van der Waals surface area (Å²) in [5.74, 6) is -2.33. The topological polar surface area (TPSA) is 89.3 Å². The van der Waals surface area contributed by atoms with Crippen molar-refractivity contribution in [3.63, 3.8) is 0 Å². The minimum atomic E-state index is -3.24. The van der Waals surface area contributed by atoms with Gasteiger partial charge < -0.3 is 5.32 Å². The highest BCUT2D eigenvalue weighted by Crippen LogP contribution is 2.21. The van der Waals surface area contributed by atoms with Crippen molar-refractivity contribution in [3.05, 3.63) is 50.9 Å². The van der Waals surface area contributed by atoms with Crippen molar-refractivity contribution >= 4 is 15.5 Å². The first-order valence-electron chi connectivity index (χ1n) is 5.55. The van der Waals surface area contributed by atoms with Crippen molar-refractivity contribution in [2.75, 3.05) is 5.75 Å². The molecule has 0 saturated carbocycles. The van der Waals surface area contributed by atoms with Gasteiger partial charge in [0.2, 0.25) is 5.82 Å². The molecule has 20 heavy (non-hydrogen) atoms. The minimum absolute atomic E-state index is 0.101. The van der Waals surface area contributed by atoms with Gasteiger partial charge in [-0.25, -0.2) is 12.8 Å². The summed E-state index contributed by atoms with van der Waals surface area (Å²) in [6.07, 6.45) is 1.41. The molecule has 0 fully saturated rings. The van der Waals surface area contributed by atoms with Gasteiger partial charge in [0.15, 0.2) is 9.84 Å². The van der Waals surface area contributed by atoms with Crippen LogP contribution in [0.2, 0.25) is 0 Å². The number of nitrogens with zero attached hydrogens (tertiary/aromatic N) is 1. The third-order valence-electron chi connectivity index (χ3n) is 2.80. The molecule has 1 atom stereocenters. The van der Waals surface area contributed by atoms with Gasteiger partial charge in [-0.05, 0) is 0 Å². The van der Waals surface area contributed by atoms with Crippen LogP contribution >= 0.6 is 0 Å². The smallest absolute Gasteiger partial charge is 0.305 e. The summed E-state index contributed by atoms with van der Waals surface area (Å²) in [6, 6.07) is 0.741. The maximum atomic E-state index is 13.5. The molecule has 1 N–H and O–H groups in total. The van der Waals surface area contributed by atoms with Gasteiger partial charge in [-0.2, -0.15) is 4.39 Å². The van der Waals surface area contributed by atoms with Crippen LogP contribution in [-0.2, 0) is 16.4 Å². The summed E-state index contributed by atoms with van der Waals surface area (Å²) in [7, 11) is -3.24. The van der Waals surface area contributed by atoms with Gasteiger partial charge >= 0.3 is 5.69 Å². The van der Waals surface area contributed by atoms with E-state index < -0.39 is 38.1 Å². The molecule has 0 amide bonds. The molecule has 0 radical (unpaired) electrons. The van der Waals surface area contributed by atoms with Crippen molar-refractivity contribution in [3.8, 4) is 0 Å². The van der Waals surface area contributed by atoms with Crippen LogP contribution in [0.25, 0.3) is 0 Å². The van der Waals surface area contributed by atoms with E-state index in [9.17, 15) is 27.3 Å². The van der Waals surface area contributed by atoms with E-state index in [1.54, 1.807) is 0 Å². The maximum Gasteiger partial charge on any atom is 0.305 e. The first-order chi connectivity index (χ1) is 9.28. The monoisotopic (exact) mass is 304 g/mol. The van der Waals surface area contributed by atoms with Gasteiger partial charge in [0.1, 0.15) is 5.82 Å². The van der Waals surface area contributed by atoms with Gasteiger partial charge in [0.05, 0.1) is 10.7 Å². The normalized spacial score (nSPS) is 20.2. The fraction of sp³-hybridized carbons (Fsp3) is 0.273. The first-order valence-corrected chi connectivity index (χ1v) is 7.27. The largest absolute Gasteiger partial charge is 0.305 e.